The summed E-state index contributed by atoms with van der Waals surface area (Å²) in [5, 5.41) is 15.4. The summed E-state index contributed by atoms with van der Waals surface area (Å²) in [7, 11) is 1.88. The quantitative estimate of drug-likeness (QED) is 0.918. The zero-order valence-corrected chi connectivity index (χ0v) is 11.6. The molecule has 2 rings (SSSR count). The lowest BCUT2D eigenvalue weighted by Gasteiger charge is -2.23. The fourth-order valence-corrected chi connectivity index (χ4v) is 2.51. The van der Waals surface area contributed by atoms with E-state index in [0.29, 0.717) is 5.69 Å². The molecule has 0 radical (unpaired) electrons. The molecule has 18 heavy (non-hydrogen) atoms. The van der Waals surface area contributed by atoms with Crippen molar-refractivity contribution < 1.29 is 0 Å². The molecular weight excluding hydrogens is 244 g/mol. The van der Waals surface area contributed by atoms with Gasteiger partial charge in [-0.3, -0.25) is 0 Å². The molecule has 0 atom stereocenters. The first-order chi connectivity index (χ1) is 8.53. The summed E-state index contributed by atoms with van der Waals surface area (Å²) in [5.41, 5.74) is 1.63. The van der Waals surface area contributed by atoms with Crippen LogP contribution in [-0.4, -0.2) is 9.55 Å². The predicted octanol–water partition coefficient (Wildman–Crippen LogP) is 2.38. The average molecular weight is 260 g/mol. The second-order valence-corrected chi connectivity index (χ2v) is 5.67. The van der Waals surface area contributed by atoms with Gasteiger partial charge in [0.15, 0.2) is 0 Å². The molecule has 0 spiro atoms. The number of hydrogen-bond acceptors (Lipinski definition) is 4. The van der Waals surface area contributed by atoms with Crippen LogP contribution in [0.3, 0.4) is 0 Å². The molecule has 0 saturated heterocycles. The third-order valence-electron chi connectivity index (χ3n) is 2.88. The zero-order chi connectivity index (χ0) is 13.2. The summed E-state index contributed by atoms with van der Waals surface area (Å²) in [6.07, 6.45) is 3.79. The van der Waals surface area contributed by atoms with Gasteiger partial charge in [-0.25, -0.2) is 4.98 Å². The minimum absolute atomic E-state index is 0.156. The van der Waals surface area contributed by atoms with Gasteiger partial charge in [-0.1, -0.05) is 0 Å². The normalized spacial score (nSPS) is 11.4. The van der Waals surface area contributed by atoms with Crippen LogP contribution in [0.25, 0.3) is 0 Å². The molecule has 0 aromatic carbocycles. The second-order valence-electron chi connectivity index (χ2n) is 4.77. The van der Waals surface area contributed by atoms with Crippen molar-refractivity contribution in [1.29, 1.82) is 5.26 Å². The topological polar surface area (TPSA) is 53.6 Å². The molecule has 0 aliphatic carbocycles. The van der Waals surface area contributed by atoms with Crippen LogP contribution in [0.15, 0.2) is 23.8 Å². The molecular formula is C13H16N4S. The number of nitrogens with zero attached hydrogens (tertiary/aromatic N) is 3. The number of aryl methyl sites for hydroxylation is 1. The van der Waals surface area contributed by atoms with Crippen molar-refractivity contribution in [2.45, 2.75) is 25.9 Å². The van der Waals surface area contributed by atoms with Crippen molar-refractivity contribution in [3.63, 3.8) is 0 Å². The van der Waals surface area contributed by atoms with E-state index in [-0.39, 0.29) is 5.54 Å². The first-order valence-corrected chi connectivity index (χ1v) is 6.61. The highest BCUT2D eigenvalue weighted by molar-refractivity contribution is 7.09. The number of rotatable bonds is 4. The molecule has 0 unspecified atom stereocenters. The van der Waals surface area contributed by atoms with Crippen LogP contribution in [0.4, 0.5) is 0 Å². The van der Waals surface area contributed by atoms with E-state index in [2.05, 4.69) is 30.2 Å². The summed E-state index contributed by atoms with van der Waals surface area (Å²) in [6, 6.07) is 4.07. The minimum atomic E-state index is -0.156. The molecule has 0 fully saturated rings. The van der Waals surface area contributed by atoms with Gasteiger partial charge in [-0.15, -0.1) is 11.3 Å². The van der Waals surface area contributed by atoms with Gasteiger partial charge in [0.2, 0.25) is 0 Å². The average Bonchev–Trinajstić information content (AvgIpc) is 2.95. The summed E-state index contributed by atoms with van der Waals surface area (Å²) in [5.74, 6) is 0. The highest BCUT2D eigenvalue weighted by Gasteiger charge is 2.22. The maximum atomic E-state index is 8.91. The van der Waals surface area contributed by atoms with Crippen LogP contribution in [0.2, 0.25) is 0 Å². The van der Waals surface area contributed by atoms with Crippen molar-refractivity contribution in [3.8, 4) is 6.07 Å². The Morgan fingerprint density at radius 2 is 2.33 bits per heavy atom. The van der Waals surface area contributed by atoms with E-state index >= 15 is 0 Å². The number of thiazole rings is 1. The molecule has 2 aromatic heterocycles. The van der Waals surface area contributed by atoms with Crippen LogP contribution in [0.5, 0.6) is 0 Å². The van der Waals surface area contributed by atoms with Crippen LogP contribution in [-0.2, 0) is 19.1 Å². The van der Waals surface area contributed by atoms with E-state index in [1.165, 1.54) is 0 Å². The molecule has 1 N–H and O–H groups in total. The lowest BCUT2D eigenvalue weighted by atomic mass is 10.1. The first-order valence-electron chi connectivity index (χ1n) is 5.73. The van der Waals surface area contributed by atoms with Gasteiger partial charge in [0.05, 0.1) is 5.54 Å². The van der Waals surface area contributed by atoms with Crippen molar-refractivity contribution in [2.75, 3.05) is 0 Å². The van der Waals surface area contributed by atoms with Crippen LogP contribution in [0, 0.1) is 11.3 Å². The standard InChI is InChI=1S/C13H16N4S/c1-13(2,12-15-4-5-18-12)16-8-10-6-11(7-14)17(3)9-10/h4-6,9,16H,8H2,1-3H3. The van der Waals surface area contributed by atoms with Gasteiger partial charge in [0.1, 0.15) is 16.8 Å². The first kappa shape index (κ1) is 12.8. The molecule has 94 valence electrons. The van der Waals surface area contributed by atoms with Crippen molar-refractivity contribution in [1.82, 2.24) is 14.9 Å². The van der Waals surface area contributed by atoms with Crippen molar-refractivity contribution >= 4 is 11.3 Å². The van der Waals surface area contributed by atoms with Gasteiger partial charge in [-0.05, 0) is 25.5 Å². The Bertz CT molecular complexity index is 560. The van der Waals surface area contributed by atoms with E-state index in [0.717, 1.165) is 17.1 Å². The number of hydrogen-bond donors (Lipinski definition) is 1. The fourth-order valence-electron chi connectivity index (χ4n) is 1.77. The molecule has 5 heteroatoms. The highest BCUT2D eigenvalue weighted by Crippen LogP contribution is 2.22. The van der Waals surface area contributed by atoms with Crippen LogP contribution in [0.1, 0.15) is 30.1 Å². The monoisotopic (exact) mass is 260 g/mol. The van der Waals surface area contributed by atoms with E-state index in [9.17, 15) is 0 Å². The largest absolute Gasteiger partial charge is 0.342 e. The Kier molecular flexibility index (Phi) is 3.50. The Balaban J connectivity index is 2.05. The van der Waals surface area contributed by atoms with Crippen LogP contribution < -0.4 is 5.32 Å². The van der Waals surface area contributed by atoms with Gasteiger partial charge in [0.25, 0.3) is 0 Å². The Morgan fingerprint density at radius 3 is 2.89 bits per heavy atom. The van der Waals surface area contributed by atoms with Gasteiger partial charge < -0.3 is 9.88 Å². The predicted molar refractivity (Wildman–Crippen MR) is 72.1 cm³/mol. The number of nitrogens with one attached hydrogen (secondary N) is 1. The molecule has 0 saturated carbocycles. The third-order valence-corrected chi connectivity index (χ3v) is 3.97. The van der Waals surface area contributed by atoms with E-state index < -0.39 is 0 Å². The van der Waals surface area contributed by atoms with Gasteiger partial charge in [0, 0.05) is 31.4 Å². The maximum Gasteiger partial charge on any atom is 0.120 e. The molecule has 0 aliphatic rings. The Labute approximate surface area is 111 Å². The Hall–Kier alpha value is -1.64. The lowest BCUT2D eigenvalue weighted by molar-refractivity contribution is 0.399. The molecule has 0 amide bonds. The second kappa shape index (κ2) is 4.92. The fraction of sp³-hybridized carbons (Fsp3) is 0.385. The van der Waals surface area contributed by atoms with E-state index in [1.807, 2.05) is 35.5 Å². The van der Waals surface area contributed by atoms with Crippen molar-refractivity contribution in [2.24, 2.45) is 7.05 Å². The van der Waals surface area contributed by atoms with Crippen molar-refractivity contribution in [3.05, 3.63) is 40.1 Å². The SMILES string of the molecule is Cn1cc(CNC(C)(C)c2nccs2)cc1C#N. The zero-order valence-electron chi connectivity index (χ0n) is 10.8. The van der Waals surface area contributed by atoms with E-state index in [1.54, 1.807) is 11.3 Å². The maximum absolute atomic E-state index is 8.91. The smallest absolute Gasteiger partial charge is 0.120 e. The molecule has 2 heterocycles. The van der Waals surface area contributed by atoms with E-state index in [4.69, 9.17) is 5.26 Å². The van der Waals surface area contributed by atoms with Crippen LogP contribution >= 0.6 is 11.3 Å². The van der Waals surface area contributed by atoms with Gasteiger partial charge >= 0.3 is 0 Å². The number of nitriles is 1. The summed E-state index contributed by atoms with van der Waals surface area (Å²) >= 11 is 1.65. The van der Waals surface area contributed by atoms with Gasteiger partial charge in [-0.2, -0.15) is 5.26 Å². The summed E-state index contributed by atoms with van der Waals surface area (Å²) in [4.78, 5) is 4.34. The lowest BCUT2D eigenvalue weighted by Crippen LogP contribution is -2.35. The minimum Gasteiger partial charge on any atom is -0.342 e. The third kappa shape index (κ3) is 2.61. The summed E-state index contributed by atoms with van der Waals surface area (Å²) in [6.45, 7) is 4.95. The molecule has 4 nitrogen and oxygen atoms in total. The number of aromatic nitrogens is 2. The summed E-state index contributed by atoms with van der Waals surface area (Å²) < 4.78 is 1.84. The Morgan fingerprint density at radius 1 is 1.56 bits per heavy atom. The highest BCUT2D eigenvalue weighted by atomic mass is 32.1. The molecule has 0 aliphatic heterocycles. The molecule has 2 aromatic rings. The molecule has 0 bridgehead atoms.